The molecule has 2 aromatic rings. The first-order valence-corrected chi connectivity index (χ1v) is 7.35. The van der Waals surface area contributed by atoms with E-state index in [1.165, 1.54) is 19.2 Å². The topological polar surface area (TPSA) is 101 Å². The van der Waals surface area contributed by atoms with Crippen molar-refractivity contribution in [1.29, 1.82) is 0 Å². The summed E-state index contributed by atoms with van der Waals surface area (Å²) in [5, 5.41) is 11.0. The third-order valence-corrected chi connectivity index (χ3v) is 3.54. The van der Waals surface area contributed by atoms with Crippen molar-refractivity contribution in [2.75, 3.05) is 7.11 Å². The molecule has 2 unspecified atom stereocenters. The van der Waals surface area contributed by atoms with Crippen molar-refractivity contribution in [1.82, 2.24) is 4.98 Å². The Morgan fingerprint density at radius 3 is 2.84 bits per heavy atom. The minimum absolute atomic E-state index is 0.0835. The predicted molar refractivity (Wildman–Crippen MR) is 85.1 cm³/mol. The molecule has 0 aliphatic carbocycles. The molecule has 128 valence electrons. The van der Waals surface area contributed by atoms with E-state index in [9.17, 15) is 14.9 Å². The summed E-state index contributed by atoms with van der Waals surface area (Å²) in [4.78, 5) is 26.3. The third kappa shape index (κ3) is 3.64. The van der Waals surface area contributed by atoms with Crippen molar-refractivity contribution >= 4 is 11.7 Å². The van der Waals surface area contributed by atoms with Crippen LogP contribution in [0.25, 0.3) is 0 Å². The van der Waals surface area contributed by atoms with Gasteiger partial charge in [-0.3, -0.25) is 15.1 Å². The zero-order chi connectivity index (χ0) is 17.8. The van der Waals surface area contributed by atoms with Gasteiger partial charge in [0.05, 0.1) is 18.1 Å². The number of methoxy groups -OCH3 is 1. The number of nitro benzene ring substituents is 1. The summed E-state index contributed by atoms with van der Waals surface area (Å²) < 4.78 is 16.2. The van der Waals surface area contributed by atoms with E-state index in [1.807, 2.05) is 0 Å². The van der Waals surface area contributed by atoms with E-state index < -0.39 is 23.3 Å². The van der Waals surface area contributed by atoms with Crippen LogP contribution in [0.4, 0.5) is 5.69 Å². The Balaban J connectivity index is 1.96. The number of carbonyl (C=O) groups is 1. The standard InChI is InChI=1S/C17H14N2O6/c1-23-15(20)10-14-16(11-5-4-6-12(9-11)19(21)22)25-17(24-14)13-7-2-3-8-18-13/h2-10,16-17H,1H3/b14-10-. The summed E-state index contributed by atoms with van der Waals surface area (Å²) in [5.74, 6) is -0.418. The normalized spacial score (nSPS) is 20.9. The fourth-order valence-electron chi connectivity index (χ4n) is 2.38. The zero-order valence-corrected chi connectivity index (χ0v) is 13.2. The summed E-state index contributed by atoms with van der Waals surface area (Å²) in [6.45, 7) is 0. The number of benzene rings is 1. The molecule has 0 radical (unpaired) electrons. The number of nitro groups is 1. The number of non-ortho nitro benzene ring substituents is 1. The molecule has 0 bridgehead atoms. The summed E-state index contributed by atoms with van der Waals surface area (Å²) in [6.07, 6.45) is 1.13. The Bertz CT molecular complexity index is 821. The minimum atomic E-state index is -0.832. The van der Waals surface area contributed by atoms with Gasteiger partial charge >= 0.3 is 5.97 Å². The molecule has 8 nitrogen and oxygen atoms in total. The third-order valence-electron chi connectivity index (χ3n) is 3.54. The quantitative estimate of drug-likeness (QED) is 0.364. The van der Waals surface area contributed by atoms with Crippen LogP contribution in [0.15, 0.2) is 60.5 Å². The monoisotopic (exact) mass is 342 g/mol. The van der Waals surface area contributed by atoms with Gasteiger partial charge in [0.2, 0.25) is 6.29 Å². The van der Waals surface area contributed by atoms with Gasteiger partial charge in [-0.2, -0.15) is 0 Å². The Morgan fingerprint density at radius 1 is 1.32 bits per heavy atom. The maximum absolute atomic E-state index is 11.6. The van der Waals surface area contributed by atoms with Gasteiger partial charge in [-0.25, -0.2) is 4.79 Å². The first-order valence-electron chi connectivity index (χ1n) is 7.35. The van der Waals surface area contributed by atoms with E-state index in [1.54, 1.807) is 36.5 Å². The minimum Gasteiger partial charge on any atom is -0.466 e. The Hall–Kier alpha value is -3.26. The molecule has 0 spiro atoms. The van der Waals surface area contributed by atoms with Gasteiger partial charge in [-0.15, -0.1) is 0 Å². The molecule has 25 heavy (non-hydrogen) atoms. The van der Waals surface area contributed by atoms with Gasteiger partial charge in [0, 0.05) is 18.3 Å². The van der Waals surface area contributed by atoms with Crippen LogP contribution >= 0.6 is 0 Å². The molecule has 2 heterocycles. The highest BCUT2D eigenvalue weighted by atomic mass is 16.7. The van der Waals surface area contributed by atoms with Crippen molar-refractivity contribution in [2.24, 2.45) is 0 Å². The number of nitrogens with zero attached hydrogens (tertiary/aromatic N) is 2. The number of rotatable bonds is 4. The molecule has 0 saturated carbocycles. The van der Waals surface area contributed by atoms with Crippen molar-refractivity contribution < 1.29 is 23.9 Å². The molecule has 2 atom stereocenters. The highest BCUT2D eigenvalue weighted by Gasteiger charge is 2.36. The van der Waals surface area contributed by atoms with E-state index in [0.717, 1.165) is 6.08 Å². The van der Waals surface area contributed by atoms with Crippen LogP contribution in [0.5, 0.6) is 0 Å². The smallest absolute Gasteiger partial charge is 0.333 e. The summed E-state index contributed by atoms with van der Waals surface area (Å²) in [6, 6.07) is 11.2. The van der Waals surface area contributed by atoms with Crippen LogP contribution in [-0.2, 0) is 19.0 Å². The van der Waals surface area contributed by atoms with E-state index in [0.29, 0.717) is 11.3 Å². The molecular weight excluding hydrogens is 328 g/mol. The van der Waals surface area contributed by atoms with Crippen LogP contribution in [0.3, 0.4) is 0 Å². The molecule has 1 aliphatic rings. The van der Waals surface area contributed by atoms with Gasteiger partial charge in [-0.05, 0) is 17.7 Å². The molecule has 1 saturated heterocycles. The lowest BCUT2D eigenvalue weighted by Crippen LogP contribution is -2.04. The first kappa shape index (κ1) is 16.6. The maximum Gasteiger partial charge on any atom is 0.333 e. The lowest BCUT2D eigenvalue weighted by atomic mass is 10.1. The largest absolute Gasteiger partial charge is 0.466 e. The van der Waals surface area contributed by atoms with E-state index in [2.05, 4.69) is 9.72 Å². The average Bonchev–Trinajstić information content (AvgIpc) is 3.06. The molecule has 1 aliphatic heterocycles. The summed E-state index contributed by atoms with van der Waals surface area (Å²) in [7, 11) is 1.24. The second-order valence-electron chi connectivity index (χ2n) is 5.14. The summed E-state index contributed by atoms with van der Waals surface area (Å²) in [5.41, 5.74) is 0.925. The Labute approximate surface area is 142 Å². The molecule has 0 amide bonds. The van der Waals surface area contributed by atoms with Crippen LogP contribution in [0.2, 0.25) is 0 Å². The van der Waals surface area contributed by atoms with Crippen LogP contribution in [-0.4, -0.2) is 23.0 Å². The predicted octanol–water partition coefficient (Wildman–Crippen LogP) is 2.83. The van der Waals surface area contributed by atoms with E-state index >= 15 is 0 Å². The van der Waals surface area contributed by atoms with Crippen molar-refractivity contribution in [3.05, 3.63) is 81.9 Å². The number of hydrogen-bond acceptors (Lipinski definition) is 7. The van der Waals surface area contributed by atoms with Crippen LogP contribution in [0.1, 0.15) is 23.7 Å². The molecule has 8 heteroatoms. The SMILES string of the molecule is COC(=O)/C=C1\OC(c2ccccn2)OC1c1cccc([N+](=O)[O-])c1. The molecule has 1 fully saturated rings. The van der Waals surface area contributed by atoms with Crippen molar-refractivity contribution in [3.8, 4) is 0 Å². The number of ether oxygens (including phenoxy) is 3. The maximum atomic E-state index is 11.6. The van der Waals surface area contributed by atoms with Gasteiger partial charge in [-0.1, -0.05) is 18.2 Å². The highest BCUT2D eigenvalue weighted by Crippen LogP contribution is 2.42. The number of esters is 1. The number of hydrogen-bond donors (Lipinski definition) is 0. The second kappa shape index (κ2) is 7.10. The van der Waals surface area contributed by atoms with Gasteiger partial charge < -0.3 is 14.2 Å². The number of aromatic nitrogens is 1. The van der Waals surface area contributed by atoms with E-state index in [4.69, 9.17) is 9.47 Å². The average molecular weight is 342 g/mol. The van der Waals surface area contributed by atoms with Gasteiger partial charge in [0.25, 0.3) is 5.69 Å². The molecule has 0 N–H and O–H groups in total. The lowest BCUT2D eigenvalue weighted by Gasteiger charge is -2.10. The van der Waals surface area contributed by atoms with Gasteiger partial charge in [0.15, 0.2) is 0 Å². The second-order valence-corrected chi connectivity index (χ2v) is 5.14. The van der Waals surface area contributed by atoms with Crippen LogP contribution < -0.4 is 0 Å². The molecular formula is C17H14N2O6. The number of carbonyl (C=O) groups excluding carboxylic acids is 1. The first-order chi connectivity index (χ1) is 12.1. The molecule has 3 rings (SSSR count). The van der Waals surface area contributed by atoms with E-state index in [-0.39, 0.29) is 11.4 Å². The lowest BCUT2D eigenvalue weighted by molar-refractivity contribution is -0.385. The highest BCUT2D eigenvalue weighted by molar-refractivity contribution is 5.82. The Morgan fingerprint density at radius 2 is 2.16 bits per heavy atom. The Kier molecular flexibility index (Phi) is 4.71. The van der Waals surface area contributed by atoms with Gasteiger partial charge in [0.1, 0.15) is 17.6 Å². The number of pyridine rings is 1. The van der Waals surface area contributed by atoms with Crippen molar-refractivity contribution in [3.63, 3.8) is 0 Å². The molecule has 1 aromatic carbocycles. The molecule has 1 aromatic heterocycles. The summed E-state index contributed by atoms with van der Waals surface area (Å²) >= 11 is 0. The van der Waals surface area contributed by atoms with Crippen molar-refractivity contribution in [2.45, 2.75) is 12.4 Å². The van der Waals surface area contributed by atoms with Crippen LogP contribution in [0, 0.1) is 10.1 Å². The fraction of sp³-hybridized carbons (Fsp3) is 0.176. The fourth-order valence-corrected chi connectivity index (χ4v) is 2.38. The zero-order valence-electron chi connectivity index (χ0n) is 13.2.